The van der Waals surface area contributed by atoms with Crippen LogP contribution in [0.25, 0.3) is 0 Å². The van der Waals surface area contributed by atoms with E-state index in [1.165, 1.54) is 12.5 Å². The van der Waals surface area contributed by atoms with E-state index in [1.54, 1.807) is 0 Å². The predicted molar refractivity (Wildman–Crippen MR) is 21.8 cm³/mol. The van der Waals surface area contributed by atoms with Gasteiger partial charge in [-0.3, -0.25) is 0 Å². The second-order valence-electron chi connectivity index (χ2n) is 0.758. The van der Waals surface area contributed by atoms with Crippen LogP contribution in [0.2, 0.25) is 0 Å². The van der Waals surface area contributed by atoms with E-state index < -0.39 is 0 Å². The van der Waals surface area contributed by atoms with E-state index in [9.17, 15) is 0 Å². The minimum Gasteiger partial charge on any atom is -0.422 e. The summed E-state index contributed by atoms with van der Waals surface area (Å²) in [6, 6.07) is 0. The highest BCUT2D eigenvalue weighted by Crippen LogP contribution is 1.87. The van der Waals surface area contributed by atoms with Crippen molar-refractivity contribution >= 4 is 12.2 Å². The van der Waals surface area contributed by atoms with Crippen molar-refractivity contribution in [3.63, 3.8) is 0 Å². The third-order valence-electron chi connectivity index (χ3n) is 0.384. The lowest BCUT2D eigenvalue weighted by Gasteiger charge is -1.54. The van der Waals surface area contributed by atoms with Crippen LogP contribution in [0.3, 0.4) is 0 Å². The third kappa shape index (κ3) is 0.490. The van der Waals surface area contributed by atoms with Crippen molar-refractivity contribution in [1.82, 2.24) is 0 Å². The monoisotopic (exact) mass is 102 g/mol. The molecule has 3 heteroatoms. The van der Waals surface area contributed by atoms with E-state index in [0.29, 0.717) is 0 Å². The van der Waals surface area contributed by atoms with Crippen LogP contribution in [0, 0.1) is 4.90 Å². The molecule has 0 aliphatic carbocycles. The highest BCUT2D eigenvalue weighted by molar-refractivity contribution is 7.71. The van der Waals surface area contributed by atoms with Gasteiger partial charge in [0.2, 0.25) is 0 Å². The van der Waals surface area contributed by atoms with Crippen LogP contribution in [0.5, 0.6) is 0 Å². The highest BCUT2D eigenvalue weighted by atomic mass is 32.1. The van der Waals surface area contributed by atoms with Gasteiger partial charge in [-0.2, -0.15) is 0 Å². The normalized spacial score (nSPS) is 8.67. The van der Waals surface area contributed by atoms with Gasteiger partial charge in [-0.1, -0.05) is 0 Å². The zero-order valence-corrected chi connectivity index (χ0v) is 3.70. The van der Waals surface area contributed by atoms with E-state index >= 15 is 0 Å². The largest absolute Gasteiger partial charge is 0.422 e. The molecule has 2 nitrogen and oxygen atoms in total. The molecule has 0 amide bonds. The summed E-state index contributed by atoms with van der Waals surface area (Å²) < 4.78 is 8.96. The Morgan fingerprint density at radius 1 is 1.33 bits per heavy atom. The summed E-state index contributed by atoms with van der Waals surface area (Å²) >= 11 is 4.41. The van der Waals surface area contributed by atoms with Crippen molar-refractivity contribution in [2.45, 2.75) is 0 Å². The number of rotatable bonds is 0. The molecule has 0 N–H and O–H groups in total. The fourth-order valence-electron chi connectivity index (χ4n) is 0.194. The van der Waals surface area contributed by atoms with E-state index in [4.69, 9.17) is 0 Å². The molecule has 32 valence electrons. The van der Waals surface area contributed by atoms with Crippen molar-refractivity contribution in [1.29, 1.82) is 0 Å². The molecular weight excluding hydrogens is 100 g/mol. The van der Waals surface area contributed by atoms with Crippen LogP contribution < -0.4 is 0 Å². The van der Waals surface area contributed by atoms with Crippen molar-refractivity contribution in [3.05, 3.63) is 17.4 Å². The molecular formula is C3H2O2S. The molecule has 1 aromatic rings. The maximum atomic E-state index is 4.48. The van der Waals surface area contributed by atoms with Gasteiger partial charge in [0.1, 0.15) is 12.5 Å². The Labute approximate surface area is 39.4 Å². The molecule has 0 saturated heterocycles. The molecule has 0 saturated carbocycles. The summed E-state index contributed by atoms with van der Waals surface area (Å²) in [5.74, 6) is 0. The standard InChI is InChI=1S/C3H2O2S/c6-3-4-1-2-5-3/h1-2H. The summed E-state index contributed by atoms with van der Waals surface area (Å²) in [5.41, 5.74) is 0. The molecule has 0 atom stereocenters. The van der Waals surface area contributed by atoms with Crippen LogP contribution in [0.15, 0.2) is 21.4 Å². The molecule has 6 heavy (non-hydrogen) atoms. The topological polar surface area (TPSA) is 26.3 Å². The van der Waals surface area contributed by atoms with Gasteiger partial charge in [-0.15, -0.1) is 0 Å². The molecule has 0 radical (unpaired) electrons. The Morgan fingerprint density at radius 2 is 1.83 bits per heavy atom. The van der Waals surface area contributed by atoms with Crippen molar-refractivity contribution in [2.24, 2.45) is 0 Å². The lowest BCUT2D eigenvalue weighted by atomic mass is 11.1. The van der Waals surface area contributed by atoms with E-state index in [-0.39, 0.29) is 4.90 Å². The first-order valence-electron chi connectivity index (χ1n) is 1.42. The molecule has 0 aromatic carbocycles. The van der Waals surface area contributed by atoms with Crippen molar-refractivity contribution in [3.8, 4) is 0 Å². The third-order valence-corrected chi connectivity index (χ3v) is 0.577. The van der Waals surface area contributed by atoms with Gasteiger partial charge in [0.25, 0.3) is 0 Å². The lowest BCUT2D eigenvalue weighted by Crippen LogP contribution is -1.31. The first kappa shape index (κ1) is 3.61. The van der Waals surface area contributed by atoms with Crippen LogP contribution in [0.4, 0.5) is 0 Å². The average molecular weight is 102 g/mol. The Balaban J connectivity index is 3.41. The van der Waals surface area contributed by atoms with Gasteiger partial charge in [0.05, 0.1) is 0 Å². The number of hydrogen-bond donors (Lipinski definition) is 0. The van der Waals surface area contributed by atoms with Gasteiger partial charge < -0.3 is 8.83 Å². The van der Waals surface area contributed by atoms with Gasteiger partial charge in [-0.05, 0) is 0 Å². The molecule has 1 heterocycles. The molecule has 1 aromatic heterocycles. The minimum absolute atomic E-state index is 0.176. The van der Waals surface area contributed by atoms with Crippen LogP contribution in [-0.4, -0.2) is 0 Å². The van der Waals surface area contributed by atoms with E-state index in [2.05, 4.69) is 21.1 Å². The smallest absolute Gasteiger partial charge is 0.362 e. The van der Waals surface area contributed by atoms with Crippen molar-refractivity contribution in [2.75, 3.05) is 0 Å². The summed E-state index contributed by atoms with van der Waals surface area (Å²) in [7, 11) is 0. The lowest BCUT2D eigenvalue weighted by molar-refractivity contribution is 0.419. The molecule has 0 aliphatic rings. The molecule has 0 fully saturated rings. The van der Waals surface area contributed by atoms with Crippen molar-refractivity contribution < 1.29 is 8.83 Å². The molecule has 0 spiro atoms. The number of hydrogen-bond acceptors (Lipinski definition) is 3. The quantitative estimate of drug-likeness (QED) is 0.465. The molecule has 0 bridgehead atoms. The Hall–Kier alpha value is -0.570. The Bertz CT molecular complexity index is 147. The van der Waals surface area contributed by atoms with Crippen LogP contribution in [-0.2, 0) is 0 Å². The van der Waals surface area contributed by atoms with Gasteiger partial charge in [0.15, 0.2) is 0 Å². The van der Waals surface area contributed by atoms with Gasteiger partial charge >= 0.3 is 4.90 Å². The zero-order chi connectivity index (χ0) is 4.41. The van der Waals surface area contributed by atoms with Gasteiger partial charge in [-0.25, -0.2) is 0 Å². The summed E-state index contributed by atoms with van der Waals surface area (Å²) in [5, 5.41) is 0. The first-order chi connectivity index (χ1) is 2.89. The zero-order valence-electron chi connectivity index (χ0n) is 2.88. The Morgan fingerprint density at radius 3 is 2.00 bits per heavy atom. The fourth-order valence-corrected chi connectivity index (χ4v) is 0.306. The maximum absolute atomic E-state index is 4.48. The second kappa shape index (κ2) is 1.26. The molecule has 0 aliphatic heterocycles. The second-order valence-corrected chi connectivity index (χ2v) is 1.09. The minimum atomic E-state index is 0.176. The van der Waals surface area contributed by atoms with Crippen LogP contribution in [0.1, 0.15) is 0 Å². The molecule has 1 rings (SSSR count). The maximum Gasteiger partial charge on any atom is 0.362 e. The average Bonchev–Trinajstić information content (AvgIpc) is 1.86. The first-order valence-corrected chi connectivity index (χ1v) is 1.83. The summed E-state index contributed by atoms with van der Waals surface area (Å²) in [4.78, 5) is 0.176. The van der Waals surface area contributed by atoms with Gasteiger partial charge in [0, 0.05) is 12.2 Å². The Kier molecular flexibility index (Phi) is 0.759. The predicted octanol–water partition coefficient (Wildman–Crippen LogP) is 1.60. The SMILES string of the molecule is S=c1occo1. The summed E-state index contributed by atoms with van der Waals surface area (Å²) in [6.45, 7) is 0. The van der Waals surface area contributed by atoms with Crippen LogP contribution >= 0.6 is 12.2 Å². The highest BCUT2D eigenvalue weighted by Gasteiger charge is 1.71. The van der Waals surface area contributed by atoms with E-state index in [1.807, 2.05) is 0 Å². The molecule has 0 unspecified atom stereocenters. The summed E-state index contributed by atoms with van der Waals surface area (Å²) in [6.07, 6.45) is 2.78. The fraction of sp³-hybridized carbons (Fsp3) is 0. The van der Waals surface area contributed by atoms with E-state index in [0.717, 1.165) is 0 Å².